The fraction of sp³-hybridized carbons (Fsp3) is 0.348. The molecular formula is C23H25BrN4OS. The molecule has 3 heterocycles. The second-order valence-electron chi connectivity index (χ2n) is 7.49. The topological polar surface area (TPSA) is 49.3 Å². The van der Waals surface area contributed by atoms with Crippen molar-refractivity contribution in [1.29, 1.82) is 0 Å². The lowest BCUT2D eigenvalue weighted by molar-refractivity contribution is 0.0626. The zero-order valence-electron chi connectivity index (χ0n) is 17.3. The van der Waals surface area contributed by atoms with Gasteiger partial charge in [-0.15, -0.1) is 11.3 Å². The third-order valence-electron chi connectivity index (χ3n) is 5.38. The molecule has 0 bridgehead atoms. The van der Waals surface area contributed by atoms with E-state index in [9.17, 15) is 4.79 Å². The van der Waals surface area contributed by atoms with Crippen molar-refractivity contribution in [3.05, 3.63) is 68.2 Å². The third-order valence-corrected chi connectivity index (χ3v) is 6.92. The molecule has 1 aliphatic heterocycles. The lowest BCUT2D eigenvalue weighted by Crippen LogP contribution is -2.48. The average Bonchev–Trinajstić information content (AvgIpc) is 3.21. The molecule has 30 heavy (non-hydrogen) atoms. The largest absolute Gasteiger partial charge is 0.336 e. The smallest absolute Gasteiger partial charge is 0.255 e. The predicted octanol–water partition coefficient (Wildman–Crippen LogP) is 4.80. The molecule has 7 heteroatoms. The van der Waals surface area contributed by atoms with Gasteiger partial charge in [-0.1, -0.05) is 35.0 Å². The lowest BCUT2D eigenvalue weighted by atomic mass is 10.1. The van der Waals surface area contributed by atoms with E-state index in [4.69, 9.17) is 4.98 Å². The number of thiazole rings is 1. The van der Waals surface area contributed by atoms with Crippen LogP contribution in [-0.4, -0.2) is 51.9 Å². The van der Waals surface area contributed by atoms with Gasteiger partial charge in [0.25, 0.3) is 5.91 Å². The van der Waals surface area contributed by atoms with Gasteiger partial charge in [0.05, 0.1) is 27.7 Å². The Bertz CT molecular complexity index is 1040. The van der Waals surface area contributed by atoms with Crippen molar-refractivity contribution in [3.8, 4) is 11.3 Å². The van der Waals surface area contributed by atoms with Crippen molar-refractivity contribution in [2.24, 2.45) is 0 Å². The van der Waals surface area contributed by atoms with Gasteiger partial charge in [-0.2, -0.15) is 0 Å². The minimum atomic E-state index is 0.0716. The van der Waals surface area contributed by atoms with Crippen LogP contribution in [-0.2, 0) is 13.0 Å². The normalized spacial score (nSPS) is 14.8. The van der Waals surface area contributed by atoms with E-state index in [-0.39, 0.29) is 5.91 Å². The van der Waals surface area contributed by atoms with Crippen LogP contribution in [0.15, 0.2) is 46.3 Å². The first kappa shape index (κ1) is 21.2. The van der Waals surface area contributed by atoms with Crippen molar-refractivity contribution >= 4 is 33.2 Å². The van der Waals surface area contributed by atoms with Gasteiger partial charge in [0.15, 0.2) is 0 Å². The van der Waals surface area contributed by atoms with E-state index in [1.807, 2.05) is 48.2 Å². The fourth-order valence-corrected chi connectivity index (χ4v) is 4.82. The predicted molar refractivity (Wildman–Crippen MR) is 125 cm³/mol. The van der Waals surface area contributed by atoms with Crippen LogP contribution in [0.25, 0.3) is 11.3 Å². The van der Waals surface area contributed by atoms with Crippen molar-refractivity contribution in [3.63, 3.8) is 0 Å². The van der Waals surface area contributed by atoms with Crippen LogP contribution in [0.4, 0.5) is 0 Å². The van der Waals surface area contributed by atoms with E-state index >= 15 is 0 Å². The summed E-state index contributed by atoms with van der Waals surface area (Å²) in [6, 6.07) is 11.9. The first-order valence-corrected chi connectivity index (χ1v) is 11.9. The van der Waals surface area contributed by atoms with Crippen LogP contribution in [0.3, 0.4) is 0 Å². The Hall–Kier alpha value is -2.09. The van der Waals surface area contributed by atoms with Gasteiger partial charge in [-0.05, 0) is 37.6 Å². The first-order chi connectivity index (χ1) is 14.5. The Labute approximate surface area is 189 Å². The molecule has 0 saturated carbocycles. The number of rotatable bonds is 5. The lowest BCUT2D eigenvalue weighted by Gasteiger charge is -2.34. The Morgan fingerprint density at radius 1 is 1.13 bits per heavy atom. The molecule has 156 valence electrons. The number of piperazine rings is 1. The quantitative estimate of drug-likeness (QED) is 0.521. The average molecular weight is 485 g/mol. The van der Waals surface area contributed by atoms with E-state index in [2.05, 4.69) is 38.1 Å². The van der Waals surface area contributed by atoms with Crippen molar-refractivity contribution in [1.82, 2.24) is 19.8 Å². The third kappa shape index (κ3) is 4.79. The standard InChI is InChI=1S/C23H25BrN4OS/c1-3-22-26-19(15-30-22)14-27-9-11-28(12-10-27)23(29)20-7-8-21(25-16(20)2)17-5-4-6-18(24)13-17/h4-8,13,15H,3,9-12,14H2,1-2H3. The van der Waals surface area contributed by atoms with Crippen molar-refractivity contribution in [2.75, 3.05) is 26.2 Å². The van der Waals surface area contributed by atoms with Gasteiger partial charge in [0, 0.05) is 48.1 Å². The number of aryl methyl sites for hydroxylation is 2. The molecule has 0 aliphatic carbocycles. The molecule has 5 nitrogen and oxygen atoms in total. The summed E-state index contributed by atoms with van der Waals surface area (Å²) in [7, 11) is 0. The van der Waals surface area contributed by atoms with Crippen LogP contribution in [0.5, 0.6) is 0 Å². The van der Waals surface area contributed by atoms with Gasteiger partial charge in [-0.25, -0.2) is 4.98 Å². The number of amides is 1. The number of aromatic nitrogens is 2. The van der Waals surface area contributed by atoms with E-state index in [0.29, 0.717) is 5.56 Å². The van der Waals surface area contributed by atoms with Gasteiger partial charge in [0.2, 0.25) is 0 Å². The molecule has 0 N–H and O–H groups in total. The number of pyridine rings is 1. The summed E-state index contributed by atoms with van der Waals surface area (Å²) in [5.41, 5.74) is 4.52. The maximum atomic E-state index is 13.1. The highest BCUT2D eigenvalue weighted by atomic mass is 79.9. The zero-order valence-corrected chi connectivity index (χ0v) is 19.7. The van der Waals surface area contributed by atoms with Crippen LogP contribution < -0.4 is 0 Å². The SMILES string of the molecule is CCc1nc(CN2CCN(C(=O)c3ccc(-c4cccc(Br)c4)nc3C)CC2)cs1. The van der Waals surface area contributed by atoms with E-state index in [0.717, 1.165) is 66.3 Å². The molecule has 1 aliphatic rings. The van der Waals surface area contributed by atoms with E-state index in [1.54, 1.807) is 11.3 Å². The monoisotopic (exact) mass is 484 g/mol. The summed E-state index contributed by atoms with van der Waals surface area (Å²) in [6.07, 6.45) is 0.987. The van der Waals surface area contributed by atoms with E-state index in [1.165, 1.54) is 5.01 Å². The molecule has 0 radical (unpaired) electrons. The molecule has 1 fully saturated rings. The number of carbonyl (C=O) groups is 1. The number of hydrogen-bond donors (Lipinski definition) is 0. The minimum absolute atomic E-state index is 0.0716. The molecule has 1 aromatic carbocycles. The molecule has 0 spiro atoms. The number of hydrogen-bond acceptors (Lipinski definition) is 5. The highest BCUT2D eigenvalue weighted by molar-refractivity contribution is 9.10. The number of carbonyl (C=O) groups excluding carboxylic acids is 1. The van der Waals surface area contributed by atoms with Crippen LogP contribution in [0.2, 0.25) is 0 Å². The zero-order chi connectivity index (χ0) is 21.1. The van der Waals surface area contributed by atoms with Crippen LogP contribution in [0, 0.1) is 6.92 Å². The van der Waals surface area contributed by atoms with Crippen molar-refractivity contribution in [2.45, 2.75) is 26.8 Å². The summed E-state index contributed by atoms with van der Waals surface area (Å²) in [5.74, 6) is 0.0716. The molecule has 1 saturated heterocycles. The summed E-state index contributed by atoms with van der Waals surface area (Å²) >= 11 is 5.23. The Balaban J connectivity index is 1.39. The van der Waals surface area contributed by atoms with Crippen LogP contribution in [0.1, 0.15) is 33.7 Å². The molecule has 3 aromatic rings. The Morgan fingerprint density at radius 3 is 2.60 bits per heavy atom. The molecule has 2 aromatic heterocycles. The summed E-state index contributed by atoms with van der Waals surface area (Å²) in [6.45, 7) is 8.11. The number of benzene rings is 1. The molecular weight excluding hydrogens is 460 g/mol. The highest BCUT2D eigenvalue weighted by Crippen LogP contribution is 2.23. The minimum Gasteiger partial charge on any atom is -0.336 e. The molecule has 4 rings (SSSR count). The second kappa shape index (κ2) is 9.37. The molecule has 0 atom stereocenters. The van der Waals surface area contributed by atoms with Gasteiger partial charge >= 0.3 is 0 Å². The van der Waals surface area contributed by atoms with Crippen molar-refractivity contribution < 1.29 is 4.79 Å². The fourth-order valence-electron chi connectivity index (χ4n) is 3.69. The Kier molecular flexibility index (Phi) is 6.61. The highest BCUT2D eigenvalue weighted by Gasteiger charge is 2.24. The first-order valence-electron chi connectivity index (χ1n) is 10.2. The molecule has 0 unspecified atom stereocenters. The maximum Gasteiger partial charge on any atom is 0.255 e. The number of halogens is 1. The molecule has 1 amide bonds. The summed E-state index contributed by atoms with van der Waals surface area (Å²) in [5, 5.41) is 3.34. The van der Waals surface area contributed by atoms with Gasteiger partial charge < -0.3 is 4.90 Å². The maximum absolute atomic E-state index is 13.1. The van der Waals surface area contributed by atoms with Gasteiger partial charge in [0.1, 0.15) is 0 Å². The Morgan fingerprint density at radius 2 is 1.93 bits per heavy atom. The summed E-state index contributed by atoms with van der Waals surface area (Å²) in [4.78, 5) is 26.8. The summed E-state index contributed by atoms with van der Waals surface area (Å²) < 4.78 is 1.01. The second-order valence-corrected chi connectivity index (χ2v) is 9.35. The van der Waals surface area contributed by atoms with E-state index < -0.39 is 0 Å². The van der Waals surface area contributed by atoms with Crippen LogP contribution >= 0.6 is 27.3 Å². The number of nitrogens with zero attached hydrogens (tertiary/aromatic N) is 4. The van der Waals surface area contributed by atoms with Gasteiger partial charge in [-0.3, -0.25) is 14.7 Å².